The molecule has 0 fully saturated rings. The molecule has 4 nitrogen and oxygen atoms in total. The Labute approximate surface area is 88.7 Å². The zero-order chi connectivity index (χ0) is 11.3. The lowest BCUT2D eigenvalue weighted by molar-refractivity contribution is -0.137. The van der Waals surface area contributed by atoms with Crippen LogP contribution in [0.15, 0.2) is 0 Å². The highest BCUT2D eigenvalue weighted by Crippen LogP contribution is 2.21. The fourth-order valence-corrected chi connectivity index (χ4v) is 2.33. The molecule has 2 atom stereocenters. The van der Waals surface area contributed by atoms with Crippen molar-refractivity contribution in [1.29, 1.82) is 0 Å². The van der Waals surface area contributed by atoms with Crippen LogP contribution in [-0.4, -0.2) is 46.5 Å². The van der Waals surface area contributed by atoms with E-state index < -0.39 is 5.97 Å². The van der Waals surface area contributed by atoms with Gasteiger partial charge in [0.25, 0.3) is 0 Å². The summed E-state index contributed by atoms with van der Waals surface area (Å²) in [5.41, 5.74) is 0. The molecule has 0 aliphatic carbocycles. The number of thioether (sulfide) groups is 1. The van der Waals surface area contributed by atoms with Crippen molar-refractivity contribution in [2.24, 2.45) is 0 Å². The number of hydrogen-bond donors (Lipinski definition) is 1. The lowest BCUT2D eigenvalue weighted by Crippen LogP contribution is -2.30. The van der Waals surface area contributed by atoms with Gasteiger partial charge in [0.1, 0.15) is 0 Å². The first-order valence-corrected chi connectivity index (χ1v) is 5.37. The zero-order valence-corrected chi connectivity index (χ0v) is 9.80. The maximum absolute atomic E-state index is 11.4. The van der Waals surface area contributed by atoms with Gasteiger partial charge < -0.3 is 10.0 Å². The van der Waals surface area contributed by atoms with Crippen LogP contribution in [0.1, 0.15) is 20.3 Å². The van der Waals surface area contributed by atoms with Crippen molar-refractivity contribution in [1.82, 2.24) is 4.90 Å². The monoisotopic (exact) mass is 219 g/mol. The summed E-state index contributed by atoms with van der Waals surface area (Å²) in [5.74, 6) is -0.804. The highest BCUT2D eigenvalue weighted by Gasteiger charge is 2.19. The summed E-state index contributed by atoms with van der Waals surface area (Å²) in [6.07, 6.45) is 0.0930. The third kappa shape index (κ3) is 5.11. The predicted octanol–water partition coefficient (Wildman–Crippen LogP) is 1.06. The first-order valence-electron chi connectivity index (χ1n) is 4.43. The van der Waals surface area contributed by atoms with Crippen LogP contribution >= 0.6 is 11.8 Å². The largest absolute Gasteiger partial charge is 0.481 e. The Balaban J connectivity index is 3.99. The van der Waals surface area contributed by atoms with E-state index in [4.69, 9.17) is 5.11 Å². The number of carbonyl (C=O) groups excluding carboxylic acids is 1. The van der Waals surface area contributed by atoms with Crippen molar-refractivity contribution < 1.29 is 14.7 Å². The summed E-state index contributed by atoms with van der Waals surface area (Å²) in [4.78, 5) is 23.3. The Hall–Kier alpha value is -0.710. The Morgan fingerprint density at radius 1 is 1.36 bits per heavy atom. The molecule has 82 valence electrons. The Bertz CT molecular complexity index is 218. The molecule has 0 aliphatic rings. The lowest BCUT2D eigenvalue weighted by Gasteiger charge is -2.18. The van der Waals surface area contributed by atoms with Crippen LogP contribution in [-0.2, 0) is 9.59 Å². The van der Waals surface area contributed by atoms with Gasteiger partial charge >= 0.3 is 5.97 Å². The number of carboxylic acids is 1. The summed E-state index contributed by atoms with van der Waals surface area (Å²) in [6.45, 7) is 3.61. The molecule has 1 N–H and O–H groups in total. The van der Waals surface area contributed by atoms with Crippen molar-refractivity contribution in [3.63, 3.8) is 0 Å². The van der Waals surface area contributed by atoms with Gasteiger partial charge in [-0.25, -0.2) is 0 Å². The minimum Gasteiger partial charge on any atom is -0.481 e. The molecule has 0 spiro atoms. The molecule has 0 aromatic rings. The van der Waals surface area contributed by atoms with E-state index in [9.17, 15) is 9.59 Å². The smallest absolute Gasteiger partial charge is 0.304 e. The van der Waals surface area contributed by atoms with Crippen molar-refractivity contribution in [2.45, 2.75) is 30.8 Å². The number of carboxylic acid groups (broad SMARTS) is 1. The topological polar surface area (TPSA) is 57.6 Å². The molecule has 0 radical (unpaired) electrons. The van der Waals surface area contributed by atoms with E-state index >= 15 is 0 Å². The van der Waals surface area contributed by atoms with Gasteiger partial charge in [-0.3, -0.25) is 9.59 Å². The van der Waals surface area contributed by atoms with E-state index in [1.807, 2.05) is 6.92 Å². The minimum atomic E-state index is -0.825. The van der Waals surface area contributed by atoms with Crippen LogP contribution in [0.4, 0.5) is 0 Å². The zero-order valence-electron chi connectivity index (χ0n) is 8.98. The molecule has 1 amide bonds. The summed E-state index contributed by atoms with van der Waals surface area (Å²) >= 11 is 1.39. The summed E-state index contributed by atoms with van der Waals surface area (Å²) < 4.78 is 0. The second-order valence-electron chi connectivity index (χ2n) is 3.42. The number of carbonyl (C=O) groups is 2. The van der Waals surface area contributed by atoms with Crippen molar-refractivity contribution in [2.75, 3.05) is 14.1 Å². The van der Waals surface area contributed by atoms with Crippen LogP contribution in [0.25, 0.3) is 0 Å². The summed E-state index contributed by atoms with van der Waals surface area (Å²) in [6, 6.07) is 0. The molecule has 5 heteroatoms. The Morgan fingerprint density at radius 3 is 2.21 bits per heavy atom. The highest BCUT2D eigenvalue weighted by atomic mass is 32.2. The molecular formula is C9H17NO3S. The normalized spacial score (nSPS) is 14.6. The van der Waals surface area contributed by atoms with Crippen molar-refractivity contribution in [3.05, 3.63) is 0 Å². The molecule has 0 bridgehead atoms. The molecule has 0 saturated heterocycles. The van der Waals surface area contributed by atoms with E-state index in [2.05, 4.69) is 0 Å². The molecule has 0 heterocycles. The fraction of sp³-hybridized carbons (Fsp3) is 0.778. The van der Waals surface area contributed by atoms with Crippen molar-refractivity contribution in [3.8, 4) is 0 Å². The highest BCUT2D eigenvalue weighted by molar-refractivity contribution is 8.01. The van der Waals surface area contributed by atoms with E-state index in [1.54, 1.807) is 21.0 Å². The van der Waals surface area contributed by atoms with Gasteiger partial charge in [0.05, 0.1) is 11.7 Å². The number of amides is 1. The maximum Gasteiger partial charge on any atom is 0.304 e. The van der Waals surface area contributed by atoms with E-state index in [1.165, 1.54) is 16.7 Å². The molecule has 0 aromatic heterocycles. The average molecular weight is 219 g/mol. The predicted molar refractivity (Wildman–Crippen MR) is 57.5 cm³/mol. The van der Waals surface area contributed by atoms with Gasteiger partial charge in [-0.15, -0.1) is 11.8 Å². The lowest BCUT2D eigenvalue weighted by atomic mass is 10.3. The first-order chi connectivity index (χ1) is 6.34. The third-order valence-electron chi connectivity index (χ3n) is 1.69. The SMILES string of the molecule is CC(CC(=O)O)SC(C)C(=O)N(C)C. The standard InChI is InChI=1S/C9H17NO3S/c1-6(5-8(11)12)14-7(2)9(13)10(3)4/h6-7H,5H2,1-4H3,(H,11,12). The van der Waals surface area contributed by atoms with Crippen LogP contribution < -0.4 is 0 Å². The summed E-state index contributed by atoms with van der Waals surface area (Å²) in [7, 11) is 3.39. The minimum absolute atomic E-state index is 0.0206. The molecule has 0 saturated carbocycles. The number of aliphatic carboxylic acids is 1. The molecule has 2 unspecified atom stereocenters. The third-order valence-corrected chi connectivity index (χ3v) is 2.93. The molecule has 14 heavy (non-hydrogen) atoms. The number of nitrogens with zero attached hydrogens (tertiary/aromatic N) is 1. The van der Waals surface area contributed by atoms with Gasteiger partial charge in [0.2, 0.25) is 5.91 Å². The molecule has 0 aliphatic heterocycles. The van der Waals surface area contributed by atoms with Crippen LogP contribution in [0, 0.1) is 0 Å². The van der Waals surface area contributed by atoms with E-state index in [0.29, 0.717) is 0 Å². The van der Waals surface area contributed by atoms with Gasteiger partial charge in [-0.2, -0.15) is 0 Å². The van der Waals surface area contributed by atoms with Crippen LogP contribution in [0.3, 0.4) is 0 Å². The van der Waals surface area contributed by atoms with Crippen molar-refractivity contribution >= 4 is 23.6 Å². The van der Waals surface area contributed by atoms with E-state index in [-0.39, 0.29) is 22.8 Å². The molecule has 0 aromatic carbocycles. The molecule has 0 rings (SSSR count). The quantitative estimate of drug-likeness (QED) is 0.751. The van der Waals surface area contributed by atoms with Crippen LogP contribution in [0.5, 0.6) is 0 Å². The number of hydrogen-bond acceptors (Lipinski definition) is 3. The summed E-state index contributed by atoms with van der Waals surface area (Å²) in [5, 5.41) is 8.32. The van der Waals surface area contributed by atoms with Crippen LogP contribution in [0.2, 0.25) is 0 Å². The van der Waals surface area contributed by atoms with Gasteiger partial charge in [-0.05, 0) is 6.92 Å². The molecular weight excluding hydrogens is 202 g/mol. The maximum atomic E-state index is 11.4. The first kappa shape index (κ1) is 13.3. The van der Waals surface area contributed by atoms with Gasteiger partial charge in [0.15, 0.2) is 0 Å². The fourth-order valence-electron chi connectivity index (χ4n) is 1.06. The Kier molecular flexibility index (Phi) is 5.60. The van der Waals surface area contributed by atoms with Gasteiger partial charge in [0, 0.05) is 19.3 Å². The second-order valence-corrected chi connectivity index (χ2v) is 5.20. The van der Waals surface area contributed by atoms with E-state index in [0.717, 1.165) is 0 Å². The average Bonchev–Trinajstić information content (AvgIpc) is 2.00. The Morgan fingerprint density at radius 2 is 1.86 bits per heavy atom. The van der Waals surface area contributed by atoms with Gasteiger partial charge in [-0.1, -0.05) is 6.92 Å². The number of rotatable bonds is 5. The second kappa shape index (κ2) is 5.90.